The van der Waals surface area contributed by atoms with Gasteiger partial charge in [-0.05, 0) is 25.0 Å². The van der Waals surface area contributed by atoms with Crippen LogP contribution in [-0.4, -0.2) is 54.0 Å². The summed E-state index contributed by atoms with van der Waals surface area (Å²) >= 11 is 1.55. The predicted octanol–water partition coefficient (Wildman–Crippen LogP) is 1.31. The van der Waals surface area contributed by atoms with Gasteiger partial charge >= 0.3 is 0 Å². The Morgan fingerprint density at radius 2 is 2.17 bits per heavy atom. The Hall–Kier alpha value is -1.93. The van der Waals surface area contributed by atoms with Crippen molar-refractivity contribution in [3.63, 3.8) is 0 Å². The summed E-state index contributed by atoms with van der Waals surface area (Å²) in [6.45, 7) is 2.71. The molecule has 124 valence electrons. The predicted molar refractivity (Wildman–Crippen MR) is 89.1 cm³/mol. The fourth-order valence-electron chi connectivity index (χ4n) is 2.69. The summed E-state index contributed by atoms with van der Waals surface area (Å²) in [4.78, 5) is 14.4. The Kier molecular flexibility index (Phi) is 5.24. The normalized spacial score (nSPS) is 18.1. The first kappa shape index (κ1) is 15.9. The van der Waals surface area contributed by atoms with E-state index in [1.165, 1.54) is 0 Å². The number of carbonyl (C=O) groups is 1. The summed E-state index contributed by atoms with van der Waals surface area (Å²) in [5.41, 5.74) is 0. The van der Waals surface area contributed by atoms with Crippen LogP contribution in [0.2, 0.25) is 0 Å². The average molecular weight is 335 g/mol. The minimum absolute atomic E-state index is 0.000431. The van der Waals surface area contributed by atoms with Crippen LogP contribution in [0.4, 0.5) is 5.13 Å². The maximum absolute atomic E-state index is 12.2. The third-order valence-electron chi connectivity index (χ3n) is 3.90. The lowest BCUT2D eigenvalue weighted by molar-refractivity contribution is -0.125. The number of ether oxygens (including phenoxy) is 1. The zero-order valence-electron chi connectivity index (χ0n) is 13.1. The smallest absolute Gasteiger partial charge is 0.224 e. The lowest BCUT2D eigenvalue weighted by atomic mass is 9.97. The SMILES string of the molecule is COCCNC(=O)C1CCCN(c2nnc(-n3cccc3)s2)C1. The van der Waals surface area contributed by atoms with Crippen LogP contribution in [0.5, 0.6) is 0 Å². The second kappa shape index (κ2) is 7.56. The second-order valence-electron chi connectivity index (χ2n) is 5.53. The first-order valence-corrected chi connectivity index (χ1v) is 8.58. The van der Waals surface area contributed by atoms with E-state index in [1.54, 1.807) is 18.4 Å². The Labute approximate surface area is 139 Å². The molecule has 0 spiro atoms. The van der Waals surface area contributed by atoms with E-state index >= 15 is 0 Å². The second-order valence-corrected chi connectivity index (χ2v) is 6.46. The lowest BCUT2D eigenvalue weighted by Crippen LogP contribution is -2.43. The molecule has 8 heteroatoms. The van der Waals surface area contributed by atoms with E-state index < -0.39 is 0 Å². The summed E-state index contributed by atoms with van der Waals surface area (Å²) in [6, 6.07) is 3.92. The quantitative estimate of drug-likeness (QED) is 0.806. The molecule has 23 heavy (non-hydrogen) atoms. The van der Waals surface area contributed by atoms with E-state index in [0.717, 1.165) is 29.6 Å². The molecule has 1 unspecified atom stereocenters. The summed E-state index contributed by atoms with van der Waals surface area (Å²) in [7, 11) is 1.63. The number of aromatic nitrogens is 3. The van der Waals surface area contributed by atoms with Gasteiger partial charge < -0.3 is 15.0 Å². The minimum atomic E-state index is -0.000431. The van der Waals surface area contributed by atoms with Gasteiger partial charge in [-0.1, -0.05) is 11.3 Å². The van der Waals surface area contributed by atoms with Crippen LogP contribution < -0.4 is 10.2 Å². The lowest BCUT2D eigenvalue weighted by Gasteiger charge is -2.31. The first-order chi connectivity index (χ1) is 11.3. The van der Waals surface area contributed by atoms with Gasteiger partial charge in [0.15, 0.2) is 0 Å². The molecule has 1 fully saturated rings. The summed E-state index contributed by atoms with van der Waals surface area (Å²) in [6.07, 6.45) is 5.80. The molecule has 1 saturated heterocycles. The molecule has 0 radical (unpaired) electrons. The van der Waals surface area contributed by atoms with Gasteiger partial charge in [-0.15, -0.1) is 10.2 Å². The molecule has 1 aliphatic rings. The van der Waals surface area contributed by atoms with Gasteiger partial charge in [-0.25, -0.2) is 0 Å². The molecule has 1 N–H and O–H groups in total. The molecule has 2 aromatic heterocycles. The third-order valence-corrected chi connectivity index (χ3v) is 4.89. The van der Waals surface area contributed by atoms with Gasteiger partial charge in [-0.3, -0.25) is 9.36 Å². The van der Waals surface area contributed by atoms with Crippen molar-refractivity contribution >= 4 is 22.4 Å². The van der Waals surface area contributed by atoms with Gasteiger partial charge in [0.1, 0.15) is 0 Å². The number of piperidine rings is 1. The van der Waals surface area contributed by atoms with E-state index in [1.807, 2.05) is 29.1 Å². The largest absolute Gasteiger partial charge is 0.383 e. The molecule has 0 saturated carbocycles. The van der Waals surface area contributed by atoms with Crippen LogP contribution in [0.3, 0.4) is 0 Å². The number of anilines is 1. The van der Waals surface area contributed by atoms with Crippen LogP contribution in [0.15, 0.2) is 24.5 Å². The fraction of sp³-hybridized carbons (Fsp3) is 0.533. The maximum atomic E-state index is 12.2. The van der Waals surface area contributed by atoms with Crippen LogP contribution >= 0.6 is 11.3 Å². The molecule has 1 aliphatic heterocycles. The topological polar surface area (TPSA) is 72.3 Å². The maximum Gasteiger partial charge on any atom is 0.224 e. The standard InChI is InChI=1S/C15H21N5O2S/c1-22-10-6-16-13(21)12-5-4-9-20(11-12)15-18-17-14(23-15)19-7-2-3-8-19/h2-3,7-8,12H,4-6,9-11H2,1H3,(H,16,21). The van der Waals surface area contributed by atoms with Crippen LogP contribution in [-0.2, 0) is 9.53 Å². The van der Waals surface area contributed by atoms with Crippen molar-refractivity contribution in [2.75, 3.05) is 38.3 Å². The van der Waals surface area contributed by atoms with Gasteiger partial charge in [0.05, 0.1) is 12.5 Å². The Morgan fingerprint density at radius 1 is 1.39 bits per heavy atom. The van der Waals surface area contributed by atoms with Gasteiger partial charge in [0, 0.05) is 39.1 Å². The highest BCUT2D eigenvalue weighted by Crippen LogP contribution is 2.27. The highest BCUT2D eigenvalue weighted by atomic mass is 32.1. The third kappa shape index (κ3) is 3.89. The van der Waals surface area contributed by atoms with E-state index in [0.29, 0.717) is 19.7 Å². The number of rotatable bonds is 6. The Morgan fingerprint density at radius 3 is 2.96 bits per heavy atom. The first-order valence-electron chi connectivity index (χ1n) is 7.76. The van der Waals surface area contributed by atoms with E-state index in [-0.39, 0.29) is 11.8 Å². The fourth-order valence-corrected chi connectivity index (χ4v) is 3.54. The van der Waals surface area contributed by atoms with Crippen molar-refractivity contribution in [3.8, 4) is 5.13 Å². The monoisotopic (exact) mass is 335 g/mol. The van der Waals surface area contributed by atoms with Gasteiger partial charge in [0.25, 0.3) is 0 Å². The highest BCUT2D eigenvalue weighted by Gasteiger charge is 2.27. The van der Waals surface area contributed by atoms with Gasteiger partial charge in [-0.2, -0.15) is 0 Å². The van der Waals surface area contributed by atoms with Crippen LogP contribution in [0.1, 0.15) is 12.8 Å². The molecule has 3 heterocycles. The molecule has 1 amide bonds. The molecule has 0 bridgehead atoms. The van der Waals surface area contributed by atoms with Crippen molar-refractivity contribution in [1.29, 1.82) is 0 Å². The number of nitrogens with zero attached hydrogens (tertiary/aromatic N) is 4. The highest BCUT2D eigenvalue weighted by molar-refractivity contribution is 7.17. The molecule has 1 atom stereocenters. The molecule has 2 aromatic rings. The number of nitrogens with one attached hydrogen (secondary N) is 1. The summed E-state index contributed by atoms with van der Waals surface area (Å²) in [5, 5.41) is 13.2. The zero-order valence-corrected chi connectivity index (χ0v) is 14.0. The van der Waals surface area contributed by atoms with Crippen molar-refractivity contribution in [2.24, 2.45) is 5.92 Å². The van der Waals surface area contributed by atoms with E-state index in [4.69, 9.17) is 4.74 Å². The van der Waals surface area contributed by atoms with Crippen molar-refractivity contribution < 1.29 is 9.53 Å². The molecule has 7 nitrogen and oxygen atoms in total. The Balaban J connectivity index is 1.61. The van der Waals surface area contributed by atoms with Crippen LogP contribution in [0.25, 0.3) is 5.13 Å². The number of methoxy groups -OCH3 is 1. The minimum Gasteiger partial charge on any atom is -0.383 e. The number of hydrogen-bond donors (Lipinski definition) is 1. The van der Waals surface area contributed by atoms with Crippen LogP contribution in [0, 0.1) is 5.92 Å². The average Bonchev–Trinajstić information content (AvgIpc) is 3.26. The van der Waals surface area contributed by atoms with Crippen molar-refractivity contribution in [1.82, 2.24) is 20.1 Å². The number of carbonyl (C=O) groups excluding carboxylic acids is 1. The zero-order chi connectivity index (χ0) is 16.1. The summed E-state index contributed by atoms with van der Waals surface area (Å²) < 4.78 is 6.91. The van der Waals surface area contributed by atoms with Gasteiger partial charge in [0.2, 0.25) is 16.2 Å². The molecule has 0 aromatic carbocycles. The molecule has 0 aliphatic carbocycles. The number of amides is 1. The Bertz CT molecular complexity index is 628. The molecular weight excluding hydrogens is 314 g/mol. The van der Waals surface area contributed by atoms with E-state index in [9.17, 15) is 4.79 Å². The number of hydrogen-bond acceptors (Lipinski definition) is 6. The van der Waals surface area contributed by atoms with Crippen molar-refractivity contribution in [2.45, 2.75) is 12.8 Å². The van der Waals surface area contributed by atoms with E-state index in [2.05, 4.69) is 20.4 Å². The molecule has 3 rings (SSSR count). The van der Waals surface area contributed by atoms with Crippen molar-refractivity contribution in [3.05, 3.63) is 24.5 Å². The summed E-state index contributed by atoms with van der Waals surface area (Å²) in [5.74, 6) is 0.0985. The molecular formula is C15H21N5O2S.